The van der Waals surface area contributed by atoms with Crippen molar-refractivity contribution in [3.8, 4) is 0 Å². The van der Waals surface area contributed by atoms with Crippen molar-refractivity contribution >= 4 is 41.0 Å². The number of amides is 3. The topological polar surface area (TPSA) is 81.7 Å². The van der Waals surface area contributed by atoms with Crippen molar-refractivity contribution < 1.29 is 41.0 Å². The minimum Gasteiger partial charge on any atom is -0.465 e. The first-order valence-electron chi connectivity index (χ1n) is 9.45. The van der Waals surface area contributed by atoms with Crippen LogP contribution in [0.2, 0.25) is 10.0 Å². The molecule has 1 fully saturated rings. The molecule has 3 N–H and O–H groups in total. The Bertz CT molecular complexity index is 1080. The highest BCUT2D eigenvalue weighted by Gasteiger charge is 2.39. The Morgan fingerprint density at radius 3 is 2.00 bits per heavy atom. The van der Waals surface area contributed by atoms with Crippen LogP contribution < -0.4 is 10.6 Å². The van der Waals surface area contributed by atoms with E-state index in [4.69, 9.17) is 23.2 Å². The van der Waals surface area contributed by atoms with Crippen molar-refractivity contribution in [2.24, 2.45) is 0 Å². The maximum atomic E-state index is 13.0. The fourth-order valence-corrected chi connectivity index (χ4v) is 3.86. The molecule has 2 atom stereocenters. The smallest absolute Gasteiger partial charge is 0.416 e. The second-order valence-corrected chi connectivity index (χ2v) is 8.28. The molecule has 1 heterocycles. The van der Waals surface area contributed by atoms with Crippen LogP contribution in [0.25, 0.3) is 0 Å². The van der Waals surface area contributed by atoms with Crippen LogP contribution in [0.3, 0.4) is 0 Å². The third-order valence-corrected chi connectivity index (χ3v) is 5.86. The lowest BCUT2D eigenvalue weighted by Crippen LogP contribution is -2.42. The summed E-state index contributed by atoms with van der Waals surface area (Å²) >= 11 is 11.9. The monoisotopic (exact) mass is 529 g/mol. The van der Waals surface area contributed by atoms with Gasteiger partial charge >= 0.3 is 24.5 Å². The van der Waals surface area contributed by atoms with Crippen molar-refractivity contribution in [1.29, 1.82) is 0 Å². The van der Waals surface area contributed by atoms with E-state index >= 15 is 0 Å². The van der Waals surface area contributed by atoms with Crippen LogP contribution in [0.1, 0.15) is 22.6 Å². The van der Waals surface area contributed by atoms with Gasteiger partial charge in [-0.3, -0.25) is 0 Å². The first kappa shape index (κ1) is 25.8. The van der Waals surface area contributed by atoms with E-state index in [1.807, 2.05) is 5.32 Å². The molecule has 184 valence electrons. The first-order chi connectivity index (χ1) is 15.6. The number of likely N-dealkylation sites (tertiary alicyclic amines) is 1. The Kier molecular flexibility index (Phi) is 7.13. The lowest BCUT2D eigenvalue weighted by molar-refractivity contribution is -0.143. The second kappa shape index (κ2) is 9.41. The normalized spacial score (nSPS) is 18.6. The van der Waals surface area contributed by atoms with Crippen LogP contribution in [0.5, 0.6) is 0 Å². The third-order valence-electron chi connectivity index (χ3n) is 5.12. The number of nitrogens with zero attached hydrogens (tertiary/aromatic N) is 1. The molecule has 14 heteroatoms. The maximum Gasteiger partial charge on any atom is 0.416 e. The Morgan fingerprint density at radius 1 is 0.912 bits per heavy atom. The number of benzene rings is 2. The predicted molar refractivity (Wildman–Crippen MR) is 111 cm³/mol. The fraction of sp³-hybridized carbons (Fsp3) is 0.300. The summed E-state index contributed by atoms with van der Waals surface area (Å²) in [7, 11) is 0. The van der Waals surface area contributed by atoms with Crippen molar-refractivity contribution in [2.45, 2.75) is 24.3 Å². The Balaban J connectivity index is 1.84. The Hall–Kier alpha value is -2.86. The van der Waals surface area contributed by atoms with E-state index in [-0.39, 0.29) is 29.2 Å². The first-order valence-corrected chi connectivity index (χ1v) is 10.2. The summed E-state index contributed by atoms with van der Waals surface area (Å²) < 4.78 is 78.3. The van der Waals surface area contributed by atoms with Gasteiger partial charge in [0.1, 0.15) is 0 Å². The number of anilines is 1. The molecule has 0 aliphatic carbocycles. The van der Waals surface area contributed by atoms with Gasteiger partial charge in [-0.2, -0.15) is 26.3 Å². The van der Waals surface area contributed by atoms with Gasteiger partial charge in [-0.15, -0.1) is 0 Å². The molecule has 2 aromatic carbocycles. The Labute approximate surface area is 198 Å². The summed E-state index contributed by atoms with van der Waals surface area (Å²) in [4.78, 5) is 24.9. The number of urea groups is 1. The number of hydrogen-bond acceptors (Lipinski definition) is 2. The lowest BCUT2D eigenvalue weighted by Gasteiger charge is -2.21. The zero-order chi connectivity index (χ0) is 25.4. The van der Waals surface area contributed by atoms with Crippen molar-refractivity contribution in [3.05, 3.63) is 63.1 Å². The molecule has 0 spiro atoms. The fourth-order valence-electron chi connectivity index (χ4n) is 3.55. The van der Waals surface area contributed by atoms with Gasteiger partial charge in [0.2, 0.25) is 0 Å². The minimum atomic E-state index is -5.08. The van der Waals surface area contributed by atoms with Gasteiger partial charge in [-0.25, -0.2) is 9.59 Å². The van der Waals surface area contributed by atoms with E-state index in [0.29, 0.717) is 17.7 Å². The van der Waals surface area contributed by atoms with Gasteiger partial charge in [0.15, 0.2) is 0 Å². The summed E-state index contributed by atoms with van der Waals surface area (Å²) in [6, 6.07) is 3.21. The number of carboxylic acid groups (broad SMARTS) is 1. The number of carbonyl (C=O) groups excluding carboxylic acids is 1. The molecule has 3 rings (SSSR count). The Morgan fingerprint density at radius 2 is 1.50 bits per heavy atom. The molecule has 1 aliphatic heterocycles. The average Bonchev–Trinajstić information content (AvgIpc) is 3.12. The quantitative estimate of drug-likeness (QED) is 0.408. The molecule has 0 radical (unpaired) electrons. The van der Waals surface area contributed by atoms with Gasteiger partial charge in [0, 0.05) is 24.7 Å². The largest absolute Gasteiger partial charge is 0.465 e. The molecule has 0 aromatic heterocycles. The number of nitrogens with one attached hydrogen (secondary N) is 2. The van der Waals surface area contributed by atoms with E-state index < -0.39 is 53.3 Å². The molecule has 3 amide bonds. The molecule has 1 aliphatic rings. The van der Waals surface area contributed by atoms with Crippen LogP contribution in [0.4, 0.5) is 41.6 Å². The molecule has 0 saturated carbocycles. The highest BCUT2D eigenvalue weighted by Crippen LogP contribution is 2.38. The molecule has 2 aromatic rings. The molecular formula is C20H15Cl2F6N3O3. The number of rotatable bonds is 3. The van der Waals surface area contributed by atoms with Crippen LogP contribution in [-0.2, 0) is 12.4 Å². The molecular weight excluding hydrogens is 515 g/mol. The van der Waals surface area contributed by atoms with Crippen molar-refractivity contribution in [2.75, 3.05) is 18.4 Å². The third kappa shape index (κ3) is 5.98. The van der Waals surface area contributed by atoms with E-state index in [1.165, 1.54) is 12.1 Å². The van der Waals surface area contributed by atoms with E-state index in [1.54, 1.807) is 6.07 Å². The molecule has 34 heavy (non-hydrogen) atoms. The van der Waals surface area contributed by atoms with Crippen molar-refractivity contribution in [1.82, 2.24) is 10.2 Å². The number of halogens is 8. The zero-order valence-corrected chi connectivity index (χ0v) is 18.3. The lowest BCUT2D eigenvalue weighted by atomic mass is 9.94. The van der Waals surface area contributed by atoms with Gasteiger partial charge in [0.05, 0.1) is 27.2 Å². The van der Waals surface area contributed by atoms with Crippen LogP contribution in [-0.4, -0.2) is 41.3 Å². The summed E-state index contributed by atoms with van der Waals surface area (Å²) in [5.41, 5.74) is -3.39. The summed E-state index contributed by atoms with van der Waals surface area (Å²) in [6.07, 6.45) is -11.4. The maximum absolute atomic E-state index is 13.0. The van der Waals surface area contributed by atoms with E-state index in [2.05, 4.69) is 5.32 Å². The van der Waals surface area contributed by atoms with Crippen LogP contribution >= 0.6 is 23.2 Å². The van der Waals surface area contributed by atoms with E-state index in [0.717, 1.165) is 4.90 Å². The molecule has 6 nitrogen and oxygen atoms in total. The predicted octanol–water partition coefficient (Wildman–Crippen LogP) is 6.30. The highest BCUT2D eigenvalue weighted by molar-refractivity contribution is 6.42. The highest BCUT2D eigenvalue weighted by atomic mass is 35.5. The number of carbonyl (C=O) groups is 2. The number of hydrogen-bond donors (Lipinski definition) is 3. The zero-order valence-electron chi connectivity index (χ0n) is 16.8. The summed E-state index contributed by atoms with van der Waals surface area (Å²) in [6.45, 7) is -0.218. The van der Waals surface area contributed by atoms with E-state index in [9.17, 15) is 41.0 Å². The number of alkyl halides is 6. The van der Waals surface area contributed by atoms with Crippen LogP contribution in [0, 0.1) is 0 Å². The van der Waals surface area contributed by atoms with Gasteiger partial charge < -0.3 is 20.6 Å². The molecule has 1 saturated heterocycles. The van der Waals surface area contributed by atoms with Gasteiger partial charge in [-0.1, -0.05) is 29.3 Å². The molecule has 0 unspecified atom stereocenters. The SMILES string of the molecule is O=C(Nc1cc(C(F)(F)F)cc(C(F)(F)F)c1)N[C@H]1CN(C(=O)O)C[C@@H]1c1ccc(Cl)c(Cl)c1. The van der Waals surface area contributed by atoms with Crippen molar-refractivity contribution in [3.63, 3.8) is 0 Å². The molecule has 0 bridgehead atoms. The summed E-state index contributed by atoms with van der Waals surface area (Å²) in [5.74, 6) is -0.608. The van der Waals surface area contributed by atoms with Crippen LogP contribution in [0.15, 0.2) is 36.4 Å². The van der Waals surface area contributed by atoms with Gasteiger partial charge in [0.25, 0.3) is 0 Å². The minimum absolute atomic E-state index is 0.0416. The van der Waals surface area contributed by atoms with Gasteiger partial charge in [-0.05, 0) is 35.9 Å². The second-order valence-electron chi connectivity index (χ2n) is 7.47. The standard InChI is InChI=1S/C20H15Cl2F6N3O3/c21-14-2-1-9(3-15(14)22)13-7-31(18(33)34)8-16(13)30-17(32)29-12-5-10(19(23,24)25)4-11(6-12)20(26,27)28/h1-6,13,16H,7-8H2,(H,33,34)(H2,29,30,32)/t13-,16+/m1/s1. The average molecular weight is 530 g/mol. The summed E-state index contributed by atoms with van der Waals surface area (Å²) in [5, 5.41) is 14.1.